The van der Waals surface area contributed by atoms with Gasteiger partial charge in [0.1, 0.15) is 0 Å². The predicted octanol–water partition coefficient (Wildman–Crippen LogP) is 2.28. The van der Waals surface area contributed by atoms with E-state index >= 15 is 0 Å². The Morgan fingerprint density at radius 3 is 2.69 bits per heavy atom. The summed E-state index contributed by atoms with van der Waals surface area (Å²) in [4.78, 5) is 0. The third-order valence-electron chi connectivity index (χ3n) is 2.06. The number of halogens is 1. The van der Waals surface area contributed by atoms with Gasteiger partial charge in [-0.3, -0.25) is 0 Å². The summed E-state index contributed by atoms with van der Waals surface area (Å²) in [5.41, 5.74) is 1.12. The van der Waals surface area contributed by atoms with Gasteiger partial charge in [0.05, 0.1) is 0 Å². The highest BCUT2D eigenvalue weighted by Crippen LogP contribution is 2.09. The normalized spacial score (nSPS) is 11.7. The summed E-state index contributed by atoms with van der Waals surface area (Å²) in [5, 5.41) is 2.90. The molecule has 0 saturated heterocycles. The van der Waals surface area contributed by atoms with E-state index in [-0.39, 0.29) is 0 Å². The molecule has 0 aliphatic heterocycles. The first kappa shape index (κ1) is 10.1. The van der Waals surface area contributed by atoms with Crippen LogP contribution in [0.25, 0.3) is 12.7 Å². The van der Waals surface area contributed by atoms with Crippen LogP contribution in [0.15, 0.2) is 24.8 Å². The van der Waals surface area contributed by atoms with Crippen LogP contribution in [0.4, 0.5) is 0 Å². The van der Waals surface area contributed by atoms with Crippen molar-refractivity contribution in [1.29, 1.82) is 0 Å². The Morgan fingerprint density at radius 1 is 1.46 bits per heavy atom. The van der Waals surface area contributed by atoms with Crippen molar-refractivity contribution in [3.63, 3.8) is 0 Å². The van der Waals surface area contributed by atoms with Gasteiger partial charge in [0, 0.05) is 5.02 Å². The zero-order valence-electron chi connectivity index (χ0n) is 7.81. The third kappa shape index (κ3) is 2.02. The van der Waals surface area contributed by atoms with E-state index in [4.69, 9.17) is 11.6 Å². The molecule has 0 fully saturated rings. The lowest BCUT2D eigenvalue weighted by molar-refractivity contribution is 1.12. The van der Waals surface area contributed by atoms with E-state index < -0.39 is 0 Å². The molecule has 0 bridgehead atoms. The van der Waals surface area contributed by atoms with Crippen LogP contribution in [0.5, 0.6) is 0 Å². The molecular weight excluding hydrogens is 180 g/mol. The first-order valence-electron chi connectivity index (χ1n) is 4.29. The Morgan fingerprint density at radius 2 is 2.15 bits per heavy atom. The molecule has 0 spiro atoms. The van der Waals surface area contributed by atoms with Crippen molar-refractivity contribution >= 4 is 24.3 Å². The van der Waals surface area contributed by atoms with Gasteiger partial charge in [-0.1, -0.05) is 49.9 Å². The van der Waals surface area contributed by atoms with E-state index in [1.807, 2.05) is 18.2 Å². The van der Waals surface area contributed by atoms with E-state index in [1.54, 1.807) is 6.08 Å². The standard InChI is InChI=1S/C12H13Cl/c1-4-6-10-7-8-12(13)11(5-2)9(10)3/h4,6-8H,1,3,5H2,2H3/b10-6-. The molecule has 68 valence electrons. The zero-order valence-corrected chi connectivity index (χ0v) is 8.56. The number of rotatable bonds is 2. The molecule has 1 heteroatoms. The predicted molar refractivity (Wildman–Crippen MR) is 60.3 cm³/mol. The van der Waals surface area contributed by atoms with Crippen LogP contribution >= 0.6 is 11.6 Å². The van der Waals surface area contributed by atoms with E-state index in [0.717, 1.165) is 27.4 Å². The van der Waals surface area contributed by atoms with Crippen LogP contribution in [0.1, 0.15) is 12.5 Å². The number of hydrogen-bond acceptors (Lipinski definition) is 0. The lowest BCUT2D eigenvalue weighted by Gasteiger charge is -2.01. The Labute approximate surface area is 83.9 Å². The van der Waals surface area contributed by atoms with Crippen molar-refractivity contribution in [1.82, 2.24) is 0 Å². The molecule has 13 heavy (non-hydrogen) atoms. The minimum absolute atomic E-state index is 0.800. The lowest BCUT2D eigenvalue weighted by atomic mass is 10.1. The van der Waals surface area contributed by atoms with Crippen molar-refractivity contribution < 1.29 is 0 Å². The minimum Gasteiger partial charge on any atom is -0.0990 e. The molecule has 0 saturated carbocycles. The van der Waals surface area contributed by atoms with Crippen molar-refractivity contribution in [2.75, 3.05) is 0 Å². The van der Waals surface area contributed by atoms with Crippen LogP contribution in [0.3, 0.4) is 0 Å². The van der Waals surface area contributed by atoms with Gasteiger partial charge >= 0.3 is 0 Å². The van der Waals surface area contributed by atoms with E-state index in [1.165, 1.54) is 0 Å². The van der Waals surface area contributed by atoms with Crippen LogP contribution in [-0.2, 0) is 6.42 Å². The smallest absolute Gasteiger partial charge is 0.0444 e. The molecule has 0 heterocycles. The second kappa shape index (κ2) is 4.29. The summed E-state index contributed by atoms with van der Waals surface area (Å²) in [6, 6.07) is 3.87. The molecule has 1 rings (SSSR count). The number of hydrogen-bond donors (Lipinski definition) is 0. The van der Waals surface area contributed by atoms with Gasteiger partial charge in [-0.05, 0) is 28.5 Å². The van der Waals surface area contributed by atoms with Crippen LogP contribution in [0, 0.1) is 0 Å². The third-order valence-corrected chi connectivity index (χ3v) is 2.42. The molecule has 1 aromatic rings. The summed E-state index contributed by atoms with van der Waals surface area (Å²) in [5.74, 6) is 0. The Hall–Kier alpha value is -1.01. The Bertz CT molecular complexity index is 415. The fourth-order valence-corrected chi connectivity index (χ4v) is 1.66. The molecule has 0 aliphatic rings. The molecule has 0 amide bonds. The SMILES string of the molecule is C=C/C=c1/ccc(Cl)c(CC)c1=C. The fraction of sp³-hybridized carbons (Fsp3) is 0.167. The maximum atomic E-state index is 6.02. The first-order chi connectivity index (χ1) is 6.20. The zero-order chi connectivity index (χ0) is 9.84. The maximum Gasteiger partial charge on any atom is 0.0444 e. The van der Waals surface area contributed by atoms with Crippen molar-refractivity contribution in [3.05, 3.63) is 45.8 Å². The van der Waals surface area contributed by atoms with Gasteiger partial charge < -0.3 is 0 Å². The summed E-state index contributed by atoms with van der Waals surface area (Å²) < 4.78 is 0. The average Bonchev–Trinajstić information content (AvgIpc) is 2.11. The van der Waals surface area contributed by atoms with Crippen molar-refractivity contribution in [2.24, 2.45) is 0 Å². The second-order valence-electron chi connectivity index (χ2n) is 2.85. The van der Waals surface area contributed by atoms with Gasteiger partial charge in [0.15, 0.2) is 0 Å². The second-order valence-corrected chi connectivity index (χ2v) is 3.26. The summed E-state index contributed by atoms with van der Waals surface area (Å²) in [7, 11) is 0. The van der Waals surface area contributed by atoms with Crippen LogP contribution in [-0.4, -0.2) is 0 Å². The Balaban J connectivity index is 3.54. The van der Waals surface area contributed by atoms with Crippen LogP contribution in [0.2, 0.25) is 5.02 Å². The lowest BCUT2D eigenvalue weighted by Crippen LogP contribution is -2.26. The van der Waals surface area contributed by atoms with Gasteiger partial charge in [-0.15, -0.1) is 0 Å². The van der Waals surface area contributed by atoms with Gasteiger partial charge in [0.2, 0.25) is 0 Å². The molecular formula is C12H13Cl. The molecule has 1 aromatic carbocycles. The Kier molecular flexibility index (Phi) is 3.32. The average molecular weight is 193 g/mol. The fourth-order valence-electron chi connectivity index (χ4n) is 1.35. The quantitative estimate of drug-likeness (QED) is 0.675. The molecule has 0 N–H and O–H groups in total. The van der Waals surface area contributed by atoms with Gasteiger partial charge in [0.25, 0.3) is 0 Å². The minimum atomic E-state index is 0.800. The summed E-state index contributed by atoms with van der Waals surface area (Å²) in [6.45, 7) is 9.74. The molecule has 0 atom stereocenters. The van der Waals surface area contributed by atoms with Crippen molar-refractivity contribution in [2.45, 2.75) is 13.3 Å². The highest BCUT2D eigenvalue weighted by atomic mass is 35.5. The number of benzene rings is 1. The monoisotopic (exact) mass is 192 g/mol. The van der Waals surface area contributed by atoms with E-state index in [0.29, 0.717) is 0 Å². The topological polar surface area (TPSA) is 0 Å². The molecule has 0 aromatic heterocycles. The van der Waals surface area contributed by atoms with Gasteiger partial charge in [-0.25, -0.2) is 0 Å². The van der Waals surface area contributed by atoms with E-state index in [9.17, 15) is 0 Å². The van der Waals surface area contributed by atoms with Crippen LogP contribution < -0.4 is 10.4 Å². The van der Waals surface area contributed by atoms with E-state index in [2.05, 4.69) is 20.1 Å². The summed E-state index contributed by atoms with van der Waals surface area (Å²) >= 11 is 6.02. The summed E-state index contributed by atoms with van der Waals surface area (Å²) in [6.07, 6.45) is 4.62. The highest BCUT2D eigenvalue weighted by molar-refractivity contribution is 6.31. The molecule has 0 aliphatic carbocycles. The van der Waals surface area contributed by atoms with Crippen molar-refractivity contribution in [3.8, 4) is 0 Å². The highest BCUT2D eigenvalue weighted by Gasteiger charge is 1.98. The molecule has 0 unspecified atom stereocenters. The largest absolute Gasteiger partial charge is 0.0990 e. The number of allylic oxidation sites excluding steroid dienone is 1. The van der Waals surface area contributed by atoms with Gasteiger partial charge in [-0.2, -0.15) is 0 Å². The molecule has 0 radical (unpaired) electrons. The maximum absolute atomic E-state index is 6.02. The molecule has 0 nitrogen and oxygen atoms in total. The first-order valence-corrected chi connectivity index (χ1v) is 4.67.